The average molecular weight is 585 g/mol. The zero-order chi connectivity index (χ0) is 31.3. The minimum atomic E-state index is -1.03. The maximum atomic E-state index is 14.1. The number of aryl methyl sites for hydroxylation is 2. The summed E-state index contributed by atoms with van der Waals surface area (Å²) < 4.78 is 10.8. The van der Waals surface area contributed by atoms with Gasteiger partial charge in [-0.25, -0.2) is 9.78 Å². The number of amides is 1. The van der Waals surface area contributed by atoms with E-state index in [0.29, 0.717) is 34.1 Å². The lowest BCUT2D eigenvalue weighted by molar-refractivity contribution is -0.135. The van der Waals surface area contributed by atoms with E-state index in [0.717, 1.165) is 28.5 Å². The molecule has 1 aromatic heterocycles. The van der Waals surface area contributed by atoms with E-state index in [-0.39, 0.29) is 24.4 Å². The number of nitrogens with zero attached hydrogens (tertiary/aromatic N) is 2. The van der Waals surface area contributed by atoms with Gasteiger partial charge in [-0.2, -0.15) is 0 Å². The maximum Gasteiger partial charge on any atom is 0.335 e. The molecule has 2 unspecified atom stereocenters. The molecule has 0 saturated heterocycles. The fourth-order valence-corrected chi connectivity index (χ4v) is 5.18. The van der Waals surface area contributed by atoms with E-state index < -0.39 is 18.1 Å². The molecule has 4 N–H and O–H groups in total. The van der Waals surface area contributed by atoms with E-state index in [1.807, 2.05) is 32.9 Å². The van der Waals surface area contributed by atoms with Gasteiger partial charge in [0.15, 0.2) is 11.5 Å². The zero-order valence-electron chi connectivity index (χ0n) is 24.9. The molecule has 0 aliphatic carbocycles. The number of carboxylic acid groups (broad SMARTS) is 1. The first-order valence-electron chi connectivity index (χ1n) is 13.8. The van der Waals surface area contributed by atoms with Crippen LogP contribution in [0.4, 0.5) is 0 Å². The van der Waals surface area contributed by atoms with Gasteiger partial charge in [0.25, 0.3) is 0 Å². The van der Waals surface area contributed by atoms with E-state index in [2.05, 4.69) is 9.97 Å². The lowest BCUT2D eigenvalue weighted by Crippen LogP contribution is -2.46. The molecule has 4 rings (SSSR count). The molecule has 1 amide bonds. The van der Waals surface area contributed by atoms with Gasteiger partial charge in [-0.3, -0.25) is 9.59 Å². The van der Waals surface area contributed by atoms with Crippen LogP contribution in [0.2, 0.25) is 0 Å². The molecule has 0 saturated carbocycles. The van der Waals surface area contributed by atoms with Gasteiger partial charge in [-0.15, -0.1) is 0 Å². The van der Waals surface area contributed by atoms with Crippen LogP contribution in [0.25, 0.3) is 11.3 Å². The van der Waals surface area contributed by atoms with Crippen LogP contribution in [-0.2, 0) is 17.8 Å². The average Bonchev–Trinajstić information content (AvgIpc) is 3.51. The Bertz CT molecular complexity index is 1620. The maximum absolute atomic E-state index is 14.1. The molecule has 0 radical (unpaired) electrons. The zero-order valence-corrected chi connectivity index (χ0v) is 24.9. The predicted octanol–water partition coefficient (Wildman–Crippen LogP) is 4.88. The normalized spacial score (nSPS) is 12.3. The molecule has 4 aromatic rings. The third-order valence-electron chi connectivity index (χ3n) is 7.56. The first-order chi connectivity index (χ1) is 20.6. The highest BCUT2D eigenvalue weighted by Crippen LogP contribution is 2.31. The van der Waals surface area contributed by atoms with Crippen molar-refractivity contribution in [3.63, 3.8) is 0 Å². The van der Waals surface area contributed by atoms with Crippen molar-refractivity contribution in [2.24, 2.45) is 5.73 Å². The van der Waals surface area contributed by atoms with Crippen LogP contribution in [0.1, 0.15) is 61.8 Å². The summed E-state index contributed by atoms with van der Waals surface area (Å²) >= 11 is 0. The summed E-state index contributed by atoms with van der Waals surface area (Å²) in [6, 6.07) is 14.2. The van der Waals surface area contributed by atoms with Gasteiger partial charge in [0.1, 0.15) is 12.1 Å². The summed E-state index contributed by atoms with van der Waals surface area (Å²) in [6.45, 7) is 5.87. The second kappa shape index (κ2) is 13.3. The van der Waals surface area contributed by atoms with Crippen molar-refractivity contribution in [3.8, 4) is 22.8 Å². The third kappa shape index (κ3) is 6.92. The predicted molar refractivity (Wildman–Crippen MR) is 162 cm³/mol. The van der Waals surface area contributed by atoms with E-state index in [4.69, 9.17) is 15.2 Å². The summed E-state index contributed by atoms with van der Waals surface area (Å²) in [6.07, 6.45) is 2.71. The van der Waals surface area contributed by atoms with Gasteiger partial charge in [0, 0.05) is 17.7 Å². The first-order valence-corrected chi connectivity index (χ1v) is 13.8. The molecule has 0 aliphatic rings. The van der Waals surface area contributed by atoms with Crippen LogP contribution in [0.5, 0.6) is 11.5 Å². The van der Waals surface area contributed by atoms with Crippen molar-refractivity contribution in [1.82, 2.24) is 14.9 Å². The number of benzene rings is 3. The number of carbonyl (C=O) groups is 3. The van der Waals surface area contributed by atoms with Gasteiger partial charge in [0.2, 0.25) is 5.91 Å². The van der Waals surface area contributed by atoms with Gasteiger partial charge in [-0.1, -0.05) is 18.2 Å². The lowest BCUT2D eigenvalue weighted by atomic mass is 9.94. The number of aromatic nitrogens is 2. The highest BCUT2D eigenvalue weighted by Gasteiger charge is 2.29. The second-order valence-electron chi connectivity index (χ2n) is 10.5. The molecular formula is C33H36N4O6. The van der Waals surface area contributed by atoms with Crippen LogP contribution in [-0.4, -0.2) is 58.4 Å². The molecule has 0 bridgehead atoms. The molecule has 3 aromatic carbocycles. The molecule has 0 aliphatic heterocycles. The van der Waals surface area contributed by atoms with Crippen molar-refractivity contribution >= 4 is 18.2 Å². The lowest BCUT2D eigenvalue weighted by Gasteiger charge is -2.31. The number of carbonyl (C=O) groups excluding carboxylic acids is 2. The number of nitrogens with two attached hydrogens (primary N) is 1. The Morgan fingerprint density at radius 3 is 2.37 bits per heavy atom. The van der Waals surface area contributed by atoms with Crippen molar-refractivity contribution in [2.75, 3.05) is 14.2 Å². The summed E-state index contributed by atoms with van der Waals surface area (Å²) in [7, 11) is 3.11. The Labute approximate surface area is 250 Å². The van der Waals surface area contributed by atoms with Crippen LogP contribution in [0.3, 0.4) is 0 Å². The largest absolute Gasteiger partial charge is 0.493 e. The summed E-state index contributed by atoms with van der Waals surface area (Å²) in [5.74, 6) is 0.301. The topological polar surface area (TPSA) is 148 Å². The minimum Gasteiger partial charge on any atom is -0.493 e. The standard InChI is InChI=1S/C33H36N4O6/c1-19-11-23(18-38)12-20(2)26(19)15-27(34)32(39)37(17-22-9-10-29(42-4)30(13-22)43-5)21(3)31-35-16-28(36-31)24-7-6-8-25(14-24)33(40)41/h6-14,16,18,21,27H,15,17,34H2,1-5H3,(H,35,36)(H,40,41). The van der Waals surface area contributed by atoms with Crippen molar-refractivity contribution in [1.29, 1.82) is 0 Å². The molecular weight excluding hydrogens is 548 g/mol. The van der Waals surface area contributed by atoms with Crippen LogP contribution >= 0.6 is 0 Å². The molecule has 1 heterocycles. The fourth-order valence-electron chi connectivity index (χ4n) is 5.18. The second-order valence-corrected chi connectivity index (χ2v) is 10.5. The number of carboxylic acids is 1. The number of hydrogen-bond acceptors (Lipinski definition) is 7. The number of hydrogen-bond donors (Lipinski definition) is 3. The minimum absolute atomic E-state index is 0.157. The number of aromatic amines is 1. The number of nitrogens with one attached hydrogen (secondary N) is 1. The summed E-state index contributed by atoms with van der Waals surface area (Å²) in [4.78, 5) is 46.3. The smallest absolute Gasteiger partial charge is 0.335 e. The Hall–Kier alpha value is -4.96. The Balaban J connectivity index is 1.68. The molecule has 0 fully saturated rings. The Kier molecular flexibility index (Phi) is 9.62. The van der Waals surface area contributed by atoms with E-state index >= 15 is 0 Å². The summed E-state index contributed by atoms with van der Waals surface area (Å²) in [5.41, 5.74) is 12.1. The molecule has 10 heteroatoms. The quantitative estimate of drug-likeness (QED) is 0.200. The first kappa shape index (κ1) is 31.0. The SMILES string of the molecule is COc1ccc(CN(C(=O)C(N)Cc2c(C)cc(C=O)cc2C)C(C)c2ncc(-c3cccc(C(=O)O)c3)[nH]2)cc1OC. The van der Waals surface area contributed by atoms with E-state index in [9.17, 15) is 19.5 Å². The van der Waals surface area contributed by atoms with E-state index in [1.165, 1.54) is 6.07 Å². The Morgan fingerprint density at radius 1 is 1.05 bits per heavy atom. The number of imidazole rings is 1. The molecule has 43 heavy (non-hydrogen) atoms. The van der Waals surface area contributed by atoms with Crippen LogP contribution in [0, 0.1) is 13.8 Å². The monoisotopic (exact) mass is 584 g/mol. The molecule has 2 atom stereocenters. The number of methoxy groups -OCH3 is 2. The Morgan fingerprint density at radius 2 is 1.74 bits per heavy atom. The van der Waals surface area contributed by atoms with Gasteiger partial charge >= 0.3 is 5.97 Å². The molecule has 10 nitrogen and oxygen atoms in total. The number of H-pyrrole nitrogens is 1. The van der Waals surface area contributed by atoms with Crippen LogP contribution in [0.15, 0.2) is 60.8 Å². The number of rotatable bonds is 12. The highest BCUT2D eigenvalue weighted by molar-refractivity contribution is 5.89. The highest BCUT2D eigenvalue weighted by atomic mass is 16.5. The fraction of sp³-hybridized carbons (Fsp3) is 0.273. The number of ether oxygens (including phenoxy) is 2. The van der Waals surface area contributed by atoms with Gasteiger partial charge in [0.05, 0.1) is 43.8 Å². The van der Waals surface area contributed by atoms with Crippen molar-refractivity contribution in [2.45, 2.75) is 45.8 Å². The summed E-state index contributed by atoms with van der Waals surface area (Å²) in [5, 5.41) is 9.40. The van der Waals surface area contributed by atoms with Gasteiger partial charge < -0.3 is 30.2 Å². The van der Waals surface area contributed by atoms with Crippen LogP contribution < -0.4 is 15.2 Å². The third-order valence-corrected chi connectivity index (χ3v) is 7.56. The van der Waals surface area contributed by atoms with Gasteiger partial charge in [-0.05, 0) is 85.8 Å². The molecule has 224 valence electrons. The van der Waals surface area contributed by atoms with Crippen molar-refractivity contribution in [3.05, 3.63) is 100.0 Å². The van der Waals surface area contributed by atoms with Crippen molar-refractivity contribution < 1.29 is 29.0 Å². The molecule has 0 spiro atoms. The number of aldehydes is 1. The van der Waals surface area contributed by atoms with E-state index in [1.54, 1.807) is 61.7 Å². The number of aromatic carboxylic acids is 1.